The molecule has 0 aliphatic heterocycles. The van der Waals surface area contributed by atoms with Gasteiger partial charge in [0.2, 0.25) is 0 Å². The van der Waals surface area contributed by atoms with Gasteiger partial charge in [-0.1, -0.05) is 109 Å². The number of hydrogen-bond acceptors (Lipinski definition) is 0. The molecule has 0 radical (unpaired) electrons. The van der Waals surface area contributed by atoms with Gasteiger partial charge in [0.05, 0.1) is 9.52 Å². The number of benzene rings is 3. The van der Waals surface area contributed by atoms with E-state index in [0.29, 0.717) is 5.54 Å². The van der Waals surface area contributed by atoms with Crippen molar-refractivity contribution in [3.8, 4) is 11.1 Å². The van der Waals surface area contributed by atoms with Gasteiger partial charge in [-0.2, -0.15) is 11.1 Å². The fraction of sp³-hybridized carbons (Fsp3) is 0.258. The summed E-state index contributed by atoms with van der Waals surface area (Å²) in [6.45, 7) is 16.0. The SMILES string of the molecule is Cc1cc(C)cc([SiH2]C(c2c(C)cccc2C)[c-]2c(C)c(C)c(C)c2-c2ccccc2)c1.[Cl-].[Cl-].[Cl-].[Ti+4]. The van der Waals surface area contributed by atoms with Crippen molar-refractivity contribution < 1.29 is 58.9 Å². The number of rotatable bonds is 5. The van der Waals surface area contributed by atoms with Crippen molar-refractivity contribution in [1.29, 1.82) is 0 Å². The van der Waals surface area contributed by atoms with Gasteiger partial charge in [-0.3, -0.25) is 0 Å². The molecule has 0 heterocycles. The molecule has 1 unspecified atom stereocenters. The first kappa shape index (κ1) is 34.8. The summed E-state index contributed by atoms with van der Waals surface area (Å²) in [5.41, 5.74) is 16.3. The maximum atomic E-state index is 2.43. The van der Waals surface area contributed by atoms with E-state index >= 15 is 0 Å². The molecule has 4 rings (SSSR count). The molecule has 0 aliphatic rings. The van der Waals surface area contributed by atoms with Crippen LogP contribution in [0.4, 0.5) is 0 Å². The predicted octanol–water partition coefficient (Wildman–Crippen LogP) is -2.18. The summed E-state index contributed by atoms with van der Waals surface area (Å²) in [6, 6.07) is 25.0. The van der Waals surface area contributed by atoms with Crippen LogP contribution in [0.5, 0.6) is 0 Å². The Hall–Kier alpha value is -1.19. The largest absolute Gasteiger partial charge is 4.00 e. The molecular weight excluding hydrogens is 555 g/mol. The molecule has 0 amide bonds. The topological polar surface area (TPSA) is 0 Å². The van der Waals surface area contributed by atoms with Crippen molar-refractivity contribution >= 4 is 14.7 Å². The van der Waals surface area contributed by atoms with Crippen LogP contribution in [0.2, 0.25) is 0 Å². The summed E-state index contributed by atoms with van der Waals surface area (Å²) in [5.74, 6) is 0. The fourth-order valence-corrected chi connectivity index (χ4v) is 8.53. The van der Waals surface area contributed by atoms with E-state index in [1.807, 2.05) is 0 Å². The quantitative estimate of drug-likeness (QED) is 0.184. The van der Waals surface area contributed by atoms with Crippen LogP contribution in [-0.2, 0) is 21.7 Å². The number of halogens is 3. The summed E-state index contributed by atoms with van der Waals surface area (Å²) in [7, 11) is -0.630. The molecule has 0 fully saturated rings. The van der Waals surface area contributed by atoms with Gasteiger partial charge in [0.25, 0.3) is 0 Å². The maximum absolute atomic E-state index is 2.43. The zero-order chi connectivity index (χ0) is 23.0. The van der Waals surface area contributed by atoms with E-state index in [1.165, 1.54) is 50.1 Å². The van der Waals surface area contributed by atoms with Gasteiger partial charge in [-0.25, -0.2) is 0 Å². The molecule has 0 aromatic heterocycles. The minimum atomic E-state index is -0.630. The third-order valence-corrected chi connectivity index (χ3v) is 9.30. The Kier molecular flexibility index (Phi) is 14.2. The molecule has 188 valence electrons. The molecule has 0 saturated heterocycles. The fourth-order valence-electron chi connectivity index (χ4n) is 5.62. The van der Waals surface area contributed by atoms with Crippen LogP contribution in [0, 0.1) is 48.5 Å². The third kappa shape index (κ3) is 7.01. The summed E-state index contributed by atoms with van der Waals surface area (Å²) in [5, 5.41) is 1.56. The van der Waals surface area contributed by atoms with Crippen molar-refractivity contribution in [3.63, 3.8) is 0 Å². The van der Waals surface area contributed by atoms with Gasteiger partial charge in [-0.05, 0) is 49.9 Å². The minimum absolute atomic E-state index is 0. The van der Waals surface area contributed by atoms with Crippen LogP contribution >= 0.6 is 0 Å². The molecule has 0 aliphatic carbocycles. The molecule has 36 heavy (non-hydrogen) atoms. The van der Waals surface area contributed by atoms with Gasteiger partial charge >= 0.3 is 21.7 Å². The molecule has 0 nitrogen and oxygen atoms in total. The Labute approximate surface area is 254 Å². The Morgan fingerprint density at radius 2 is 1.17 bits per heavy atom. The van der Waals surface area contributed by atoms with E-state index in [2.05, 4.69) is 115 Å². The molecule has 4 aromatic rings. The molecular formula is C31H35Cl3SiTi. The zero-order valence-electron chi connectivity index (χ0n) is 22.3. The van der Waals surface area contributed by atoms with Crippen LogP contribution in [0.1, 0.15) is 55.6 Å². The van der Waals surface area contributed by atoms with E-state index in [1.54, 1.807) is 16.3 Å². The van der Waals surface area contributed by atoms with Crippen LogP contribution in [-0.4, -0.2) is 9.52 Å². The third-order valence-electron chi connectivity index (χ3n) is 7.20. The first-order valence-electron chi connectivity index (χ1n) is 11.7. The van der Waals surface area contributed by atoms with Crippen molar-refractivity contribution in [2.24, 2.45) is 0 Å². The maximum Gasteiger partial charge on any atom is 4.00 e. The Balaban J connectivity index is 0.00000306. The van der Waals surface area contributed by atoms with Crippen molar-refractivity contribution in [3.05, 3.63) is 117 Å². The van der Waals surface area contributed by atoms with E-state index in [4.69, 9.17) is 0 Å². The van der Waals surface area contributed by atoms with Crippen molar-refractivity contribution in [2.45, 2.75) is 54.0 Å². The van der Waals surface area contributed by atoms with E-state index in [0.717, 1.165) is 0 Å². The van der Waals surface area contributed by atoms with Crippen LogP contribution in [0.25, 0.3) is 11.1 Å². The molecule has 5 heteroatoms. The van der Waals surface area contributed by atoms with Crippen LogP contribution in [0.3, 0.4) is 0 Å². The molecule has 0 N–H and O–H groups in total. The minimum Gasteiger partial charge on any atom is -1.00 e. The Bertz CT molecular complexity index is 1240. The van der Waals surface area contributed by atoms with E-state index < -0.39 is 9.52 Å². The van der Waals surface area contributed by atoms with E-state index in [-0.39, 0.29) is 58.9 Å². The summed E-state index contributed by atoms with van der Waals surface area (Å²) >= 11 is 0. The van der Waals surface area contributed by atoms with E-state index in [9.17, 15) is 0 Å². The molecule has 4 aromatic carbocycles. The monoisotopic (exact) mass is 588 g/mol. The van der Waals surface area contributed by atoms with Gasteiger partial charge in [0.1, 0.15) is 0 Å². The van der Waals surface area contributed by atoms with Crippen LogP contribution in [0.15, 0.2) is 66.7 Å². The first-order valence-corrected chi connectivity index (χ1v) is 13.2. The molecule has 0 bridgehead atoms. The normalized spacial score (nSPS) is 11.2. The predicted molar refractivity (Wildman–Crippen MR) is 144 cm³/mol. The average Bonchev–Trinajstić information content (AvgIpc) is 2.96. The summed E-state index contributed by atoms with van der Waals surface area (Å²) in [6.07, 6.45) is 0. The van der Waals surface area contributed by atoms with Gasteiger partial charge in [0.15, 0.2) is 0 Å². The second-order valence-corrected chi connectivity index (χ2v) is 11.6. The standard InChI is InChI=1S/C31H35Si.3ClH.Ti/c1-19-16-20(2)18-27(17-19)32-31(28-21(3)12-11-13-22(28)4)30-25(7)23(5)24(6)29(30)26-14-9-8-10-15-26;;;;/h8-18,31H,32H2,1-7H3;3*1H;/q-1;;;;+4/p-3. The molecule has 0 saturated carbocycles. The van der Waals surface area contributed by atoms with Crippen LogP contribution < -0.4 is 42.4 Å². The zero-order valence-corrected chi connectivity index (χ0v) is 27.5. The Morgan fingerprint density at radius 3 is 1.69 bits per heavy atom. The number of aryl methyl sites for hydroxylation is 4. The first-order chi connectivity index (χ1) is 15.3. The van der Waals surface area contributed by atoms with Crippen molar-refractivity contribution in [2.75, 3.05) is 0 Å². The summed E-state index contributed by atoms with van der Waals surface area (Å²) < 4.78 is 0. The van der Waals surface area contributed by atoms with Crippen molar-refractivity contribution in [1.82, 2.24) is 0 Å². The Morgan fingerprint density at radius 1 is 0.639 bits per heavy atom. The average molecular weight is 590 g/mol. The second-order valence-electron chi connectivity index (χ2n) is 9.59. The summed E-state index contributed by atoms with van der Waals surface area (Å²) in [4.78, 5) is 0. The van der Waals surface area contributed by atoms with Gasteiger partial charge in [0, 0.05) is 0 Å². The van der Waals surface area contributed by atoms with Gasteiger partial charge in [-0.15, -0.1) is 16.7 Å². The number of hydrogen-bond donors (Lipinski definition) is 0. The second kappa shape index (κ2) is 14.7. The molecule has 0 spiro atoms. The van der Waals surface area contributed by atoms with Gasteiger partial charge < -0.3 is 37.2 Å². The molecule has 1 atom stereocenters. The smallest absolute Gasteiger partial charge is 1.00 e.